The molecule has 0 bridgehead atoms. The lowest BCUT2D eigenvalue weighted by Crippen LogP contribution is -2.17. The number of hydrogen-bond acceptors (Lipinski definition) is 3. The zero-order chi connectivity index (χ0) is 11.1. The molecule has 1 amide bonds. The number of nitrogens with zero attached hydrogens (tertiary/aromatic N) is 2. The van der Waals surface area contributed by atoms with Gasteiger partial charge in [-0.05, 0) is 12.1 Å². The van der Waals surface area contributed by atoms with Gasteiger partial charge < -0.3 is 5.32 Å². The molecule has 0 aliphatic heterocycles. The molecule has 1 aromatic rings. The van der Waals surface area contributed by atoms with E-state index in [0.717, 1.165) is 6.20 Å². The van der Waals surface area contributed by atoms with Crippen LogP contribution in [-0.4, -0.2) is 5.91 Å². The molecule has 15 heavy (non-hydrogen) atoms. The van der Waals surface area contributed by atoms with Crippen molar-refractivity contribution >= 4 is 5.91 Å². The van der Waals surface area contributed by atoms with E-state index in [1.165, 1.54) is 0 Å². The van der Waals surface area contributed by atoms with Crippen molar-refractivity contribution in [1.82, 2.24) is 5.32 Å². The summed E-state index contributed by atoms with van der Waals surface area (Å²) in [5, 5.41) is 19.2. The molecule has 1 aromatic carbocycles. The Hall–Kier alpha value is -2.59. The topological polar surface area (TPSA) is 76.7 Å². The van der Waals surface area contributed by atoms with E-state index in [1.807, 2.05) is 0 Å². The molecule has 0 saturated heterocycles. The lowest BCUT2D eigenvalue weighted by molar-refractivity contribution is 0.0970. The average Bonchev–Trinajstić information content (AvgIpc) is 2.31. The summed E-state index contributed by atoms with van der Waals surface area (Å²) in [6.45, 7) is 0. The Morgan fingerprint density at radius 1 is 1.20 bits per heavy atom. The number of allylic oxidation sites excluding steroid dienone is 1. The molecular formula is C11H7N3O. The summed E-state index contributed by atoms with van der Waals surface area (Å²) in [5.41, 5.74) is 0.336. The third-order valence-electron chi connectivity index (χ3n) is 1.62. The normalized spacial score (nSPS) is 8.13. The van der Waals surface area contributed by atoms with Gasteiger partial charge >= 0.3 is 0 Å². The molecule has 0 unspecified atom stereocenters. The predicted molar refractivity (Wildman–Crippen MR) is 53.2 cm³/mol. The highest BCUT2D eigenvalue weighted by Gasteiger charge is 2.01. The Morgan fingerprint density at radius 2 is 1.80 bits per heavy atom. The van der Waals surface area contributed by atoms with Crippen molar-refractivity contribution in [1.29, 1.82) is 10.5 Å². The van der Waals surface area contributed by atoms with E-state index in [1.54, 1.807) is 42.5 Å². The van der Waals surface area contributed by atoms with Crippen molar-refractivity contribution in [2.24, 2.45) is 0 Å². The first-order valence-electron chi connectivity index (χ1n) is 4.14. The minimum absolute atomic E-state index is 0.140. The van der Waals surface area contributed by atoms with Gasteiger partial charge in [-0.2, -0.15) is 10.5 Å². The van der Waals surface area contributed by atoms with Gasteiger partial charge in [-0.15, -0.1) is 0 Å². The van der Waals surface area contributed by atoms with Crippen LogP contribution in [0.3, 0.4) is 0 Å². The minimum Gasteiger partial charge on any atom is -0.327 e. The molecule has 0 aliphatic rings. The number of benzene rings is 1. The lowest BCUT2D eigenvalue weighted by atomic mass is 10.2. The smallest absolute Gasteiger partial charge is 0.255 e. The summed E-state index contributed by atoms with van der Waals surface area (Å²) in [7, 11) is 0. The fourth-order valence-corrected chi connectivity index (χ4v) is 0.900. The third kappa shape index (κ3) is 2.98. The molecule has 0 aromatic heterocycles. The van der Waals surface area contributed by atoms with Gasteiger partial charge in [0, 0.05) is 11.8 Å². The maximum Gasteiger partial charge on any atom is 0.255 e. The number of carbonyl (C=O) groups is 1. The maximum absolute atomic E-state index is 11.4. The largest absolute Gasteiger partial charge is 0.327 e. The van der Waals surface area contributed by atoms with Crippen molar-refractivity contribution in [2.45, 2.75) is 0 Å². The van der Waals surface area contributed by atoms with Gasteiger partial charge in [0.15, 0.2) is 0 Å². The summed E-state index contributed by atoms with van der Waals surface area (Å²) < 4.78 is 0. The van der Waals surface area contributed by atoms with Crippen molar-refractivity contribution in [3.05, 3.63) is 47.7 Å². The number of hydrogen-bond donors (Lipinski definition) is 1. The van der Waals surface area contributed by atoms with Crippen LogP contribution in [0.2, 0.25) is 0 Å². The first-order valence-corrected chi connectivity index (χ1v) is 4.14. The Kier molecular flexibility index (Phi) is 3.64. The molecule has 72 valence electrons. The molecule has 1 N–H and O–H groups in total. The fourth-order valence-electron chi connectivity index (χ4n) is 0.900. The molecule has 1 rings (SSSR count). The van der Waals surface area contributed by atoms with Crippen LogP contribution in [0.1, 0.15) is 10.4 Å². The standard InChI is InChI=1S/C11H7N3O/c12-6-9(7-13)8-14-11(15)10-4-2-1-3-5-10/h1-5,8H,(H,14,15). The van der Waals surface area contributed by atoms with Crippen LogP contribution in [0.5, 0.6) is 0 Å². The second-order valence-corrected chi connectivity index (χ2v) is 2.62. The van der Waals surface area contributed by atoms with E-state index in [-0.39, 0.29) is 11.5 Å². The first-order chi connectivity index (χ1) is 7.27. The minimum atomic E-state index is -0.349. The van der Waals surface area contributed by atoms with Gasteiger partial charge in [0.05, 0.1) is 0 Å². The number of rotatable bonds is 2. The van der Waals surface area contributed by atoms with Gasteiger partial charge in [0.1, 0.15) is 17.7 Å². The molecule has 0 atom stereocenters. The molecular weight excluding hydrogens is 190 g/mol. The van der Waals surface area contributed by atoms with Crippen LogP contribution in [0, 0.1) is 22.7 Å². The Morgan fingerprint density at radius 3 is 2.33 bits per heavy atom. The van der Waals surface area contributed by atoms with E-state index in [2.05, 4.69) is 5.32 Å². The predicted octanol–water partition coefficient (Wildman–Crippen LogP) is 1.35. The molecule has 0 fully saturated rings. The van der Waals surface area contributed by atoms with Gasteiger partial charge in [-0.25, -0.2) is 0 Å². The number of amides is 1. The summed E-state index contributed by atoms with van der Waals surface area (Å²) in [6, 6.07) is 11.8. The molecule has 0 aliphatic carbocycles. The van der Waals surface area contributed by atoms with Crippen LogP contribution in [0.15, 0.2) is 42.1 Å². The maximum atomic E-state index is 11.4. The van der Waals surface area contributed by atoms with Gasteiger partial charge in [-0.3, -0.25) is 4.79 Å². The molecule has 0 spiro atoms. The summed E-state index contributed by atoms with van der Waals surface area (Å²) in [5.74, 6) is -0.349. The monoisotopic (exact) mass is 197 g/mol. The third-order valence-corrected chi connectivity index (χ3v) is 1.62. The van der Waals surface area contributed by atoms with Crippen LogP contribution >= 0.6 is 0 Å². The van der Waals surface area contributed by atoms with Crippen LogP contribution in [-0.2, 0) is 0 Å². The van der Waals surface area contributed by atoms with Gasteiger partial charge in [0.25, 0.3) is 5.91 Å². The van der Waals surface area contributed by atoms with Crippen LogP contribution in [0.25, 0.3) is 0 Å². The van der Waals surface area contributed by atoms with Crippen molar-refractivity contribution in [3.8, 4) is 12.1 Å². The summed E-state index contributed by atoms with van der Waals surface area (Å²) in [6.07, 6.45) is 1.09. The van der Waals surface area contributed by atoms with E-state index in [4.69, 9.17) is 10.5 Å². The van der Waals surface area contributed by atoms with Crippen molar-refractivity contribution in [2.75, 3.05) is 0 Å². The second kappa shape index (κ2) is 5.21. The Balaban J connectivity index is 2.71. The SMILES string of the molecule is N#CC(C#N)=CNC(=O)c1ccccc1. The molecule has 4 nitrogen and oxygen atoms in total. The average molecular weight is 197 g/mol. The lowest BCUT2D eigenvalue weighted by Gasteiger charge is -1.98. The molecule has 0 heterocycles. The summed E-state index contributed by atoms with van der Waals surface area (Å²) in [4.78, 5) is 11.4. The van der Waals surface area contributed by atoms with Crippen LogP contribution < -0.4 is 5.32 Å². The van der Waals surface area contributed by atoms with Gasteiger partial charge in [0.2, 0.25) is 0 Å². The van der Waals surface area contributed by atoms with Crippen molar-refractivity contribution in [3.63, 3.8) is 0 Å². The van der Waals surface area contributed by atoms with Crippen LogP contribution in [0.4, 0.5) is 0 Å². The molecule has 4 heteroatoms. The zero-order valence-electron chi connectivity index (χ0n) is 7.77. The van der Waals surface area contributed by atoms with Gasteiger partial charge in [-0.1, -0.05) is 18.2 Å². The highest BCUT2D eigenvalue weighted by Crippen LogP contribution is 1.98. The zero-order valence-corrected chi connectivity index (χ0v) is 7.77. The Labute approximate surface area is 87.1 Å². The number of nitriles is 2. The number of nitrogens with one attached hydrogen (secondary N) is 1. The Bertz CT molecular complexity index is 447. The fraction of sp³-hybridized carbons (Fsp3) is 0. The summed E-state index contributed by atoms with van der Waals surface area (Å²) >= 11 is 0. The second-order valence-electron chi connectivity index (χ2n) is 2.62. The van der Waals surface area contributed by atoms with Crippen molar-refractivity contribution < 1.29 is 4.79 Å². The van der Waals surface area contributed by atoms with E-state index >= 15 is 0 Å². The van der Waals surface area contributed by atoms with E-state index in [0.29, 0.717) is 5.56 Å². The highest BCUT2D eigenvalue weighted by atomic mass is 16.1. The molecule has 0 saturated carbocycles. The van der Waals surface area contributed by atoms with E-state index < -0.39 is 0 Å². The molecule has 0 radical (unpaired) electrons. The number of carbonyl (C=O) groups excluding carboxylic acids is 1. The highest BCUT2D eigenvalue weighted by molar-refractivity contribution is 5.94. The van der Waals surface area contributed by atoms with E-state index in [9.17, 15) is 4.79 Å². The first kappa shape index (κ1) is 10.5. The quantitative estimate of drug-likeness (QED) is 0.727.